The van der Waals surface area contributed by atoms with E-state index >= 15 is 0 Å². The number of hydrogen-bond acceptors (Lipinski definition) is 3. The van der Waals surface area contributed by atoms with Crippen molar-refractivity contribution in [3.63, 3.8) is 0 Å². The molecule has 148 valence electrons. The Bertz CT molecular complexity index is 799. The highest BCUT2D eigenvalue weighted by molar-refractivity contribution is 5.99. The highest BCUT2D eigenvalue weighted by Crippen LogP contribution is 2.23. The monoisotopic (exact) mass is 379 g/mol. The summed E-state index contributed by atoms with van der Waals surface area (Å²) in [5.41, 5.74) is 2.28. The van der Waals surface area contributed by atoms with Crippen molar-refractivity contribution in [2.24, 2.45) is 5.92 Å². The predicted molar refractivity (Wildman–Crippen MR) is 110 cm³/mol. The highest BCUT2D eigenvalue weighted by atomic mass is 16.2. The van der Waals surface area contributed by atoms with E-state index in [1.54, 1.807) is 12.3 Å². The Labute approximate surface area is 167 Å². The van der Waals surface area contributed by atoms with Gasteiger partial charge in [-0.25, -0.2) is 0 Å². The molecular formula is C23H29N3O2. The lowest BCUT2D eigenvalue weighted by Gasteiger charge is -2.32. The Morgan fingerprint density at radius 3 is 2.50 bits per heavy atom. The molecule has 0 saturated carbocycles. The van der Waals surface area contributed by atoms with Gasteiger partial charge in [-0.15, -0.1) is 0 Å². The number of pyridine rings is 1. The van der Waals surface area contributed by atoms with Crippen LogP contribution in [0.4, 0.5) is 0 Å². The van der Waals surface area contributed by atoms with Gasteiger partial charge in [0.1, 0.15) is 0 Å². The number of benzene rings is 1. The van der Waals surface area contributed by atoms with Crippen LogP contribution in [0.1, 0.15) is 59.4 Å². The van der Waals surface area contributed by atoms with Gasteiger partial charge in [-0.05, 0) is 50.2 Å². The zero-order valence-corrected chi connectivity index (χ0v) is 16.7. The van der Waals surface area contributed by atoms with Gasteiger partial charge in [0.15, 0.2) is 0 Å². The maximum absolute atomic E-state index is 12.9. The molecule has 1 aliphatic heterocycles. The zero-order chi connectivity index (χ0) is 19.9. The Kier molecular flexibility index (Phi) is 6.80. The summed E-state index contributed by atoms with van der Waals surface area (Å²) >= 11 is 0. The predicted octanol–water partition coefficient (Wildman–Crippen LogP) is 3.70. The van der Waals surface area contributed by atoms with Crippen LogP contribution < -0.4 is 5.32 Å². The maximum Gasteiger partial charge on any atom is 0.255 e. The van der Waals surface area contributed by atoms with Crippen LogP contribution >= 0.6 is 0 Å². The molecule has 0 aliphatic carbocycles. The fourth-order valence-electron chi connectivity index (χ4n) is 3.56. The van der Waals surface area contributed by atoms with E-state index in [-0.39, 0.29) is 17.9 Å². The highest BCUT2D eigenvalue weighted by Gasteiger charge is 2.24. The topological polar surface area (TPSA) is 62.3 Å². The summed E-state index contributed by atoms with van der Waals surface area (Å²) in [6.45, 7) is 5.48. The first-order chi connectivity index (χ1) is 13.6. The number of hydrogen-bond donors (Lipinski definition) is 1. The Morgan fingerprint density at radius 1 is 1.14 bits per heavy atom. The van der Waals surface area contributed by atoms with Gasteiger partial charge in [-0.1, -0.05) is 37.3 Å². The van der Waals surface area contributed by atoms with Crippen LogP contribution in [0.2, 0.25) is 0 Å². The summed E-state index contributed by atoms with van der Waals surface area (Å²) < 4.78 is 0. The first-order valence-corrected chi connectivity index (χ1v) is 10.2. The smallest absolute Gasteiger partial charge is 0.255 e. The number of carbonyl (C=O) groups excluding carboxylic acids is 2. The van der Waals surface area contributed by atoms with Crippen LogP contribution in [-0.2, 0) is 6.42 Å². The molecule has 1 atom stereocenters. The quantitative estimate of drug-likeness (QED) is 0.832. The van der Waals surface area contributed by atoms with Crippen molar-refractivity contribution in [3.8, 4) is 0 Å². The molecule has 2 heterocycles. The first kappa shape index (κ1) is 20.1. The number of likely N-dealkylation sites (tertiary alicyclic amines) is 1. The molecule has 1 N–H and O–H groups in total. The Hall–Kier alpha value is -2.69. The largest absolute Gasteiger partial charge is 0.350 e. The van der Waals surface area contributed by atoms with Crippen molar-refractivity contribution >= 4 is 11.8 Å². The van der Waals surface area contributed by atoms with E-state index in [0.717, 1.165) is 38.8 Å². The minimum absolute atomic E-state index is 0.0381. The van der Waals surface area contributed by atoms with Crippen LogP contribution in [-0.4, -0.2) is 40.8 Å². The van der Waals surface area contributed by atoms with E-state index < -0.39 is 0 Å². The average Bonchev–Trinajstić information content (AvgIpc) is 2.74. The van der Waals surface area contributed by atoms with Crippen molar-refractivity contribution < 1.29 is 9.59 Å². The normalized spacial score (nSPS) is 15.9. The molecule has 0 spiro atoms. The first-order valence-electron chi connectivity index (χ1n) is 10.2. The SMILES string of the molecule is CCC(C)NC(=O)c1cncc(C(=O)N2CCC(Cc3ccccc3)CC2)c1. The third-order valence-corrected chi connectivity index (χ3v) is 5.51. The van der Waals surface area contributed by atoms with E-state index in [1.807, 2.05) is 24.8 Å². The minimum Gasteiger partial charge on any atom is -0.350 e. The number of amides is 2. The fraction of sp³-hybridized carbons (Fsp3) is 0.435. The molecule has 5 nitrogen and oxygen atoms in total. The second kappa shape index (κ2) is 9.49. The molecule has 1 fully saturated rings. The van der Waals surface area contributed by atoms with Crippen LogP contribution in [0, 0.1) is 5.92 Å². The number of piperidine rings is 1. The number of rotatable bonds is 6. The van der Waals surface area contributed by atoms with Crippen molar-refractivity contribution in [1.82, 2.24) is 15.2 Å². The van der Waals surface area contributed by atoms with Gasteiger partial charge in [0.05, 0.1) is 11.1 Å². The molecule has 28 heavy (non-hydrogen) atoms. The number of nitrogens with one attached hydrogen (secondary N) is 1. The molecule has 1 saturated heterocycles. The van der Waals surface area contributed by atoms with E-state index in [1.165, 1.54) is 11.8 Å². The molecule has 1 unspecified atom stereocenters. The number of carbonyl (C=O) groups is 2. The van der Waals surface area contributed by atoms with Gasteiger partial charge in [-0.2, -0.15) is 0 Å². The summed E-state index contributed by atoms with van der Waals surface area (Å²) in [5, 5.41) is 2.92. The van der Waals surface area contributed by atoms with Crippen LogP contribution in [0.25, 0.3) is 0 Å². The number of aromatic nitrogens is 1. The van der Waals surface area contributed by atoms with Crippen LogP contribution in [0.3, 0.4) is 0 Å². The van der Waals surface area contributed by atoms with Crippen molar-refractivity contribution in [2.45, 2.75) is 45.6 Å². The second-order valence-corrected chi connectivity index (χ2v) is 7.67. The third-order valence-electron chi connectivity index (χ3n) is 5.51. The van der Waals surface area contributed by atoms with Gasteiger partial charge < -0.3 is 10.2 Å². The summed E-state index contributed by atoms with van der Waals surface area (Å²) in [7, 11) is 0. The Morgan fingerprint density at radius 2 is 1.82 bits per heavy atom. The zero-order valence-electron chi connectivity index (χ0n) is 16.7. The molecule has 5 heteroatoms. The van der Waals surface area contributed by atoms with Crippen molar-refractivity contribution in [1.29, 1.82) is 0 Å². The third kappa shape index (κ3) is 5.18. The lowest BCUT2D eigenvalue weighted by molar-refractivity contribution is 0.0690. The molecule has 2 amide bonds. The molecule has 1 aliphatic rings. The fourth-order valence-corrected chi connectivity index (χ4v) is 3.56. The van der Waals surface area contributed by atoms with E-state index in [0.29, 0.717) is 17.0 Å². The standard InChI is InChI=1S/C23H29N3O2/c1-3-17(2)25-22(27)20-14-21(16-24-15-20)23(28)26-11-9-19(10-12-26)13-18-7-5-4-6-8-18/h4-8,14-17,19H,3,9-13H2,1-2H3,(H,25,27). The van der Waals surface area contributed by atoms with Gasteiger partial charge >= 0.3 is 0 Å². The van der Waals surface area contributed by atoms with Gasteiger partial charge in [0.2, 0.25) is 0 Å². The van der Waals surface area contributed by atoms with Gasteiger partial charge in [-0.3, -0.25) is 14.6 Å². The Balaban J connectivity index is 1.57. The van der Waals surface area contributed by atoms with Crippen LogP contribution in [0.15, 0.2) is 48.8 Å². The van der Waals surface area contributed by atoms with Crippen LogP contribution in [0.5, 0.6) is 0 Å². The van der Waals surface area contributed by atoms with E-state index in [4.69, 9.17) is 0 Å². The lowest BCUT2D eigenvalue weighted by Crippen LogP contribution is -2.39. The minimum atomic E-state index is -0.182. The van der Waals surface area contributed by atoms with Gasteiger partial charge in [0.25, 0.3) is 11.8 Å². The molecule has 0 radical (unpaired) electrons. The molecule has 1 aromatic carbocycles. The molecule has 1 aromatic heterocycles. The summed E-state index contributed by atoms with van der Waals surface area (Å²) in [6, 6.07) is 12.3. The van der Waals surface area contributed by atoms with E-state index in [2.05, 4.69) is 34.6 Å². The average molecular weight is 380 g/mol. The molecular weight excluding hydrogens is 350 g/mol. The molecule has 0 bridgehead atoms. The number of nitrogens with zero attached hydrogens (tertiary/aromatic N) is 2. The summed E-state index contributed by atoms with van der Waals surface area (Å²) in [6.07, 6.45) is 6.99. The second-order valence-electron chi connectivity index (χ2n) is 7.67. The summed E-state index contributed by atoms with van der Waals surface area (Å²) in [5.74, 6) is 0.388. The van der Waals surface area contributed by atoms with Crippen molar-refractivity contribution in [3.05, 3.63) is 65.5 Å². The molecule has 2 aromatic rings. The molecule has 3 rings (SSSR count). The van der Waals surface area contributed by atoms with Crippen molar-refractivity contribution in [2.75, 3.05) is 13.1 Å². The summed E-state index contributed by atoms with van der Waals surface area (Å²) in [4.78, 5) is 31.2. The maximum atomic E-state index is 12.9. The lowest BCUT2D eigenvalue weighted by atomic mass is 9.90. The van der Waals surface area contributed by atoms with E-state index in [9.17, 15) is 9.59 Å². The van der Waals surface area contributed by atoms with Gasteiger partial charge in [0, 0.05) is 31.5 Å².